The zero-order valence-electron chi connectivity index (χ0n) is 7.16. The molecule has 5 heteroatoms. The molecule has 0 bridgehead atoms. The Labute approximate surface area is 68.7 Å². The van der Waals surface area contributed by atoms with E-state index in [1.807, 2.05) is 0 Å². The van der Waals surface area contributed by atoms with Gasteiger partial charge in [0.05, 0.1) is 5.41 Å². The van der Waals surface area contributed by atoms with Crippen LogP contribution < -0.4 is 0 Å². The van der Waals surface area contributed by atoms with Gasteiger partial charge in [0.1, 0.15) is 0 Å². The predicted molar refractivity (Wildman–Crippen MR) is 36.2 cm³/mol. The summed E-state index contributed by atoms with van der Waals surface area (Å²) in [7, 11) is 0. The molecule has 0 amide bonds. The molecule has 0 aliphatic rings. The molecule has 0 aromatic carbocycles. The number of hydrogen-bond acceptors (Lipinski definition) is 2. The Kier molecular flexibility index (Phi) is 3.12. The van der Waals surface area contributed by atoms with Crippen LogP contribution in [0.2, 0.25) is 0 Å². The van der Waals surface area contributed by atoms with E-state index in [9.17, 15) is 18.0 Å². The van der Waals surface area contributed by atoms with E-state index >= 15 is 0 Å². The fourth-order valence-corrected chi connectivity index (χ4v) is 0.388. The molecule has 0 saturated carbocycles. The molecule has 0 unspecified atom stereocenters. The van der Waals surface area contributed by atoms with Gasteiger partial charge in [0.15, 0.2) is 0 Å². The quantitative estimate of drug-likeness (QED) is 0.616. The van der Waals surface area contributed by atoms with Crippen molar-refractivity contribution in [3.8, 4) is 0 Å². The molecule has 0 spiro atoms. The van der Waals surface area contributed by atoms with Crippen molar-refractivity contribution in [3.05, 3.63) is 0 Å². The van der Waals surface area contributed by atoms with Gasteiger partial charge in [-0.15, -0.1) is 13.2 Å². The standard InChI is InChI=1S/C7H11F3O2/c1-4-6(2,3)5(11)12-7(8,9)10/h4H2,1-3H3. The molecule has 0 heterocycles. The van der Waals surface area contributed by atoms with Crippen LogP contribution in [0.5, 0.6) is 0 Å². The third-order valence-electron chi connectivity index (χ3n) is 1.64. The van der Waals surface area contributed by atoms with E-state index in [1.165, 1.54) is 13.8 Å². The molecule has 0 aliphatic carbocycles. The fraction of sp³-hybridized carbons (Fsp3) is 0.857. The van der Waals surface area contributed by atoms with Gasteiger partial charge in [-0.3, -0.25) is 4.79 Å². The SMILES string of the molecule is CCC(C)(C)C(=O)OC(F)(F)F. The summed E-state index contributed by atoms with van der Waals surface area (Å²) >= 11 is 0. The minimum absolute atomic E-state index is 0.307. The highest BCUT2D eigenvalue weighted by Crippen LogP contribution is 2.26. The lowest BCUT2D eigenvalue weighted by molar-refractivity contribution is -0.310. The molecule has 0 rings (SSSR count). The van der Waals surface area contributed by atoms with Gasteiger partial charge >= 0.3 is 12.3 Å². The van der Waals surface area contributed by atoms with E-state index in [0.717, 1.165) is 0 Å². The van der Waals surface area contributed by atoms with Crippen LogP contribution in [-0.2, 0) is 9.53 Å². The summed E-state index contributed by atoms with van der Waals surface area (Å²) in [6.45, 7) is 4.43. The first-order valence-corrected chi connectivity index (χ1v) is 3.49. The van der Waals surface area contributed by atoms with Gasteiger partial charge in [-0.1, -0.05) is 6.92 Å². The number of esters is 1. The van der Waals surface area contributed by atoms with Gasteiger partial charge in [-0.05, 0) is 20.3 Å². The summed E-state index contributed by atoms with van der Waals surface area (Å²) < 4.78 is 37.8. The van der Waals surface area contributed by atoms with Gasteiger partial charge in [0.25, 0.3) is 0 Å². The highest BCUT2D eigenvalue weighted by Gasteiger charge is 2.39. The Morgan fingerprint density at radius 3 is 2.00 bits per heavy atom. The molecule has 0 saturated heterocycles. The minimum Gasteiger partial charge on any atom is -0.373 e. The van der Waals surface area contributed by atoms with Crippen molar-refractivity contribution in [3.63, 3.8) is 0 Å². The van der Waals surface area contributed by atoms with Crippen molar-refractivity contribution in [2.75, 3.05) is 0 Å². The maximum absolute atomic E-state index is 11.5. The van der Waals surface area contributed by atoms with Crippen LogP contribution in [0.25, 0.3) is 0 Å². The second kappa shape index (κ2) is 3.33. The molecule has 0 N–H and O–H groups in total. The largest absolute Gasteiger partial charge is 0.575 e. The molecule has 72 valence electrons. The third kappa shape index (κ3) is 3.59. The summed E-state index contributed by atoms with van der Waals surface area (Å²) in [5.74, 6) is -1.24. The number of alkyl halides is 3. The molecule has 0 aromatic rings. The first-order chi connectivity index (χ1) is 5.19. The number of ether oxygens (including phenoxy) is 1. The first-order valence-electron chi connectivity index (χ1n) is 3.49. The zero-order chi connectivity index (χ0) is 9.99. The lowest BCUT2D eigenvalue weighted by atomic mass is 9.91. The van der Waals surface area contributed by atoms with Crippen LogP contribution in [0.15, 0.2) is 0 Å². The molecular weight excluding hydrogens is 173 g/mol. The normalized spacial score (nSPS) is 12.8. The maximum atomic E-state index is 11.5. The van der Waals surface area contributed by atoms with Crippen molar-refractivity contribution in [1.29, 1.82) is 0 Å². The maximum Gasteiger partial charge on any atom is 0.575 e. The van der Waals surface area contributed by atoms with E-state index in [4.69, 9.17) is 0 Å². The molecule has 2 nitrogen and oxygen atoms in total. The van der Waals surface area contributed by atoms with Crippen LogP contribution in [0.1, 0.15) is 27.2 Å². The zero-order valence-corrected chi connectivity index (χ0v) is 7.16. The van der Waals surface area contributed by atoms with Gasteiger partial charge in [0.2, 0.25) is 0 Å². The van der Waals surface area contributed by atoms with Crippen molar-refractivity contribution in [1.82, 2.24) is 0 Å². The third-order valence-corrected chi connectivity index (χ3v) is 1.64. The fourth-order valence-electron chi connectivity index (χ4n) is 0.388. The molecule has 0 fully saturated rings. The topological polar surface area (TPSA) is 26.3 Å². The summed E-state index contributed by atoms with van der Waals surface area (Å²) in [5, 5.41) is 0. The lowest BCUT2D eigenvalue weighted by Gasteiger charge is -2.20. The average molecular weight is 184 g/mol. The monoisotopic (exact) mass is 184 g/mol. The Morgan fingerprint density at radius 2 is 1.75 bits per heavy atom. The Bertz CT molecular complexity index is 172. The molecule has 0 atom stereocenters. The van der Waals surface area contributed by atoms with Crippen molar-refractivity contribution < 1.29 is 22.7 Å². The van der Waals surface area contributed by atoms with Crippen LogP contribution in [-0.4, -0.2) is 12.3 Å². The second-order valence-electron chi connectivity index (χ2n) is 3.07. The summed E-state index contributed by atoms with van der Waals surface area (Å²) in [6.07, 6.45) is -4.56. The number of hydrogen-bond donors (Lipinski definition) is 0. The summed E-state index contributed by atoms with van der Waals surface area (Å²) in [4.78, 5) is 10.8. The van der Waals surface area contributed by atoms with Gasteiger partial charge in [-0.2, -0.15) is 0 Å². The summed E-state index contributed by atoms with van der Waals surface area (Å²) in [5.41, 5.74) is -1.07. The number of rotatable bonds is 2. The highest BCUT2D eigenvalue weighted by molar-refractivity contribution is 5.75. The van der Waals surface area contributed by atoms with E-state index in [0.29, 0.717) is 6.42 Å². The number of carbonyl (C=O) groups excluding carboxylic acids is 1. The Morgan fingerprint density at radius 1 is 1.33 bits per heavy atom. The van der Waals surface area contributed by atoms with E-state index in [2.05, 4.69) is 4.74 Å². The van der Waals surface area contributed by atoms with Gasteiger partial charge < -0.3 is 4.74 Å². The average Bonchev–Trinajstić information content (AvgIpc) is 1.84. The van der Waals surface area contributed by atoms with Crippen LogP contribution in [0, 0.1) is 5.41 Å². The van der Waals surface area contributed by atoms with E-state index < -0.39 is 17.7 Å². The predicted octanol–water partition coefficient (Wildman–Crippen LogP) is 2.49. The van der Waals surface area contributed by atoms with E-state index in [-0.39, 0.29) is 0 Å². The van der Waals surface area contributed by atoms with Crippen molar-refractivity contribution in [2.45, 2.75) is 33.6 Å². The Hall–Kier alpha value is -0.740. The minimum atomic E-state index is -4.87. The van der Waals surface area contributed by atoms with Gasteiger partial charge in [-0.25, -0.2) is 0 Å². The molecule has 0 aliphatic heterocycles. The Balaban J connectivity index is 4.23. The van der Waals surface area contributed by atoms with Gasteiger partial charge in [0, 0.05) is 0 Å². The van der Waals surface area contributed by atoms with Crippen LogP contribution in [0.4, 0.5) is 13.2 Å². The molecular formula is C7H11F3O2. The van der Waals surface area contributed by atoms with E-state index in [1.54, 1.807) is 6.92 Å². The van der Waals surface area contributed by atoms with Crippen molar-refractivity contribution >= 4 is 5.97 Å². The molecule has 12 heavy (non-hydrogen) atoms. The second-order valence-corrected chi connectivity index (χ2v) is 3.07. The van der Waals surface area contributed by atoms with Crippen molar-refractivity contribution in [2.24, 2.45) is 5.41 Å². The number of halogens is 3. The highest BCUT2D eigenvalue weighted by atomic mass is 19.4. The van der Waals surface area contributed by atoms with Crippen LogP contribution >= 0.6 is 0 Å². The van der Waals surface area contributed by atoms with Crippen LogP contribution in [0.3, 0.4) is 0 Å². The summed E-state index contributed by atoms with van der Waals surface area (Å²) in [6, 6.07) is 0. The molecule has 0 radical (unpaired) electrons. The number of carbonyl (C=O) groups is 1. The smallest absolute Gasteiger partial charge is 0.373 e. The first kappa shape index (κ1) is 11.3. The lowest BCUT2D eigenvalue weighted by Crippen LogP contribution is -2.31. The molecule has 0 aromatic heterocycles.